The van der Waals surface area contributed by atoms with Crippen LogP contribution in [0.2, 0.25) is 0 Å². The molecule has 0 fully saturated rings. The number of aromatic hydroxyl groups is 1. The maximum absolute atomic E-state index is 12.2. The molecule has 1 aliphatic rings. The molecule has 7 nitrogen and oxygen atoms in total. The fourth-order valence-electron chi connectivity index (χ4n) is 2.73. The number of carboxylic acids is 1. The Morgan fingerprint density at radius 2 is 2.04 bits per heavy atom. The second-order valence-electron chi connectivity index (χ2n) is 5.78. The first-order valence-corrected chi connectivity index (χ1v) is 8.75. The third-order valence-electron chi connectivity index (χ3n) is 4.01. The molecule has 1 amide bonds. The fraction of sp³-hybridized carbons (Fsp3) is 0. The number of nitrogens with zero attached hydrogens (tertiary/aromatic N) is 1. The lowest BCUT2D eigenvalue weighted by atomic mass is 10.1. The van der Waals surface area contributed by atoms with Gasteiger partial charge in [0.1, 0.15) is 11.3 Å². The number of aromatic amines is 1. The van der Waals surface area contributed by atoms with Gasteiger partial charge in [-0.15, -0.1) is 0 Å². The van der Waals surface area contributed by atoms with Crippen molar-refractivity contribution in [2.75, 3.05) is 5.32 Å². The van der Waals surface area contributed by atoms with Crippen molar-refractivity contribution in [2.24, 2.45) is 4.99 Å². The normalized spacial score (nSPS) is 15.3. The largest absolute Gasteiger partial charge is 0.507 e. The SMILES string of the molecule is O=C1N=C(Nc2ccc(O)c(C(=O)O)c2)SC1=Cc1c[nH]c2ccccc12. The third-order valence-corrected chi connectivity index (χ3v) is 4.91. The maximum Gasteiger partial charge on any atom is 0.339 e. The average molecular weight is 379 g/mol. The highest BCUT2D eigenvalue weighted by Gasteiger charge is 2.23. The van der Waals surface area contributed by atoms with Gasteiger partial charge in [0.2, 0.25) is 0 Å². The number of aromatic carboxylic acids is 1. The van der Waals surface area contributed by atoms with Crippen molar-refractivity contribution in [1.82, 2.24) is 4.98 Å². The van der Waals surface area contributed by atoms with E-state index in [4.69, 9.17) is 5.11 Å². The van der Waals surface area contributed by atoms with Gasteiger partial charge in [-0.2, -0.15) is 4.99 Å². The second-order valence-corrected chi connectivity index (χ2v) is 6.82. The zero-order chi connectivity index (χ0) is 19.0. The van der Waals surface area contributed by atoms with Crippen LogP contribution in [0.25, 0.3) is 17.0 Å². The minimum absolute atomic E-state index is 0.232. The molecule has 3 aromatic rings. The Kier molecular flexibility index (Phi) is 4.17. The third kappa shape index (κ3) is 3.30. The van der Waals surface area contributed by atoms with Crippen LogP contribution in [-0.4, -0.2) is 32.2 Å². The molecule has 2 aromatic carbocycles. The lowest BCUT2D eigenvalue weighted by Gasteiger charge is -2.06. The number of thioether (sulfide) groups is 1. The van der Waals surface area contributed by atoms with Gasteiger partial charge >= 0.3 is 5.97 Å². The molecule has 2 heterocycles. The summed E-state index contributed by atoms with van der Waals surface area (Å²) in [4.78, 5) is 30.9. The first kappa shape index (κ1) is 16.9. The van der Waals surface area contributed by atoms with E-state index in [0.29, 0.717) is 15.8 Å². The molecule has 0 saturated heterocycles. The van der Waals surface area contributed by atoms with Crippen LogP contribution >= 0.6 is 11.8 Å². The van der Waals surface area contributed by atoms with Crippen molar-refractivity contribution in [3.63, 3.8) is 0 Å². The number of anilines is 1. The van der Waals surface area contributed by atoms with Gasteiger partial charge < -0.3 is 20.5 Å². The van der Waals surface area contributed by atoms with E-state index in [2.05, 4.69) is 15.3 Å². The number of amides is 1. The minimum atomic E-state index is -1.24. The Balaban J connectivity index is 1.56. The Labute approximate surface area is 157 Å². The summed E-state index contributed by atoms with van der Waals surface area (Å²) in [5.74, 6) is -1.94. The van der Waals surface area contributed by atoms with Crippen molar-refractivity contribution < 1.29 is 19.8 Å². The van der Waals surface area contributed by atoms with Gasteiger partial charge in [-0.1, -0.05) is 18.2 Å². The van der Waals surface area contributed by atoms with Crippen LogP contribution in [0.3, 0.4) is 0 Å². The second kappa shape index (κ2) is 6.65. The van der Waals surface area contributed by atoms with E-state index in [9.17, 15) is 14.7 Å². The molecule has 0 saturated carbocycles. The number of phenols is 1. The lowest BCUT2D eigenvalue weighted by Crippen LogP contribution is -2.06. The summed E-state index contributed by atoms with van der Waals surface area (Å²) < 4.78 is 0. The molecular weight excluding hydrogens is 366 g/mol. The van der Waals surface area contributed by atoms with Gasteiger partial charge in [-0.3, -0.25) is 4.79 Å². The topological polar surface area (TPSA) is 115 Å². The number of fused-ring (bicyclic) bond motifs is 1. The standard InChI is InChI=1S/C19H13N3O4S/c23-15-6-5-11(8-13(15)18(25)26)21-19-22-17(24)16(27-19)7-10-9-20-14-4-2-1-3-12(10)14/h1-9,20,23H,(H,25,26)(H,21,22,24). The summed E-state index contributed by atoms with van der Waals surface area (Å²) >= 11 is 1.17. The van der Waals surface area contributed by atoms with Crippen LogP contribution in [0.15, 0.2) is 58.6 Å². The van der Waals surface area contributed by atoms with E-state index in [1.165, 1.54) is 30.0 Å². The first-order valence-electron chi connectivity index (χ1n) is 7.93. The number of amidine groups is 1. The quantitative estimate of drug-likeness (QED) is 0.408. The van der Waals surface area contributed by atoms with E-state index >= 15 is 0 Å². The molecule has 27 heavy (non-hydrogen) atoms. The van der Waals surface area contributed by atoms with Crippen molar-refractivity contribution in [3.05, 3.63) is 64.7 Å². The summed E-state index contributed by atoms with van der Waals surface area (Å²) in [6, 6.07) is 11.8. The number of carbonyl (C=O) groups is 2. The van der Waals surface area contributed by atoms with Crippen LogP contribution in [0.4, 0.5) is 5.69 Å². The number of rotatable bonds is 3. The molecule has 8 heteroatoms. The van der Waals surface area contributed by atoms with Crippen LogP contribution in [-0.2, 0) is 4.79 Å². The van der Waals surface area contributed by atoms with E-state index in [0.717, 1.165) is 16.5 Å². The number of aromatic nitrogens is 1. The number of nitrogens with one attached hydrogen (secondary N) is 2. The summed E-state index contributed by atoms with van der Waals surface area (Å²) in [6.45, 7) is 0. The number of benzene rings is 2. The van der Waals surface area contributed by atoms with Gasteiger partial charge in [-0.25, -0.2) is 4.79 Å². The molecule has 4 N–H and O–H groups in total. The zero-order valence-corrected chi connectivity index (χ0v) is 14.6. The number of aliphatic imine (C=N–C) groups is 1. The highest BCUT2D eigenvalue weighted by atomic mass is 32.2. The summed E-state index contributed by atoms with van der Waals surface area (Å²) in [5.41, 5.74) is 2.04. The predicted molar refractivity (Wildman–Crippen MR) is 105 cm³/mol. The zero-order valence-electron chi connectivity index (χ0n) is 13.8. The summed E-state index contributed by atoms with van der Waals surface area (Å²) in [5, 5.41) is 22.9. The monoisotopic (exact) mass is 379 g/mol. The molecule has 0 radical (unpaired) electrons. The van der Waals surface area contributed by atoms with E-state index in [1.54, 1.807) is 6.08 Å². The van der Waals surface area contributed by atoms with Crippen LogP contribution in [0.1, 0.15) is 15.9 Å². The molecule has 1 aliphatic heterocycles. The highest BCUT2D eigenvalue weighted by Crippen LogP contribution is 2.32. The fourth-order valence-corrected chi connectivity index (χ4v) is 3.55. The Morgan fingerprint density at radius 3 is 2.85 bits per heavy atom. The average Bonchev–Trinajstić information content (AvgIpc) is 3.20. The van der Waals surface area contributed by atoms with Gasteiger partial charge in [-0.05, 0) is 42.1 Å². The Hall–Kier alpha value is -3.52. The molecule has 0 aliphatic carbocycles. The number of H-pyrrole nitrogens is 1. The predicted octanol–water partition coefficient (Wildman–Crippen LogP) is 3.65. The van der Waals surface area contributed by atoms with Crippen molar-refractivity contribution >= 4 is 51.5 Å². The number of carbonyl (C=O) groups excluding carboxylic acids is 1. The van der Waals surface area contributed by atoms with E-state index < -0.39 is 5.97 Å². The van der Waals surface area contributed by atoms with E-state index in [1.807, 2.05) is 30.5 Å². The minimum Gasteiger partial charge on any atom is -0.507 e. The van der Waals surface area contributed by atoms with Gasteiger partial charge in [0.25, 0.3) is 5.91 Å². The van der Waals surface area contributed by atoms with Crippen LogP contribution in [0.5, 0.6) is 5.75 Å². The molecule has 0 atom stereocenters. The van der Waals surface area contributed by atoms with Gasteiger partial charge in [0.15, 0.2) is 5.17 Å². The maximum atomic E-state index is 12.2. The molecule has 1 aromatic heterocycles. The highest BCUT2D eigenvalue weighted by molar-refractivity contribution is 8.18. The molecule has 0 unspecified atom stereocenters. The van der Waals surface area contributed by atoms with Gasteiger partial charge in [0.05, 0.1) is 4.91 Å². The first-order chi connectivity index (χ1) is 13.0. The Bertz CT molecular complexity index is 1150. The molecule has 0 bridgehead atoms. The molecule has 4 rings (SSSR count). The smallest absolute Gasteiger partial charge is 0.339 e. The van der Waals surface area contributed by atoms with E-state index in [-0.39, 0.29) is 17.2 Å². The number of hydrogen-bond donors (Lipinski definition) is 4. The van der Waals surface area contributed by atoms with Gasteiger partial charge in [0, 0.05) is 28.4 Å². The Morgan fingerprint density at radius 1 is 1.22 bits per heavy atom. The number of hydrogen-bond acceptors (Lipinski definition) is 5. The van der Waals surface area contributed by atoms with Crippen molar-refractivity contribution in [2.45, 2.75) is 0 Å². The van der Waals surface area contributed by atoms with Crippen LogP contribution in [0, 0.1) is 0 Å². The van der Waals surface area contributed by atoms with Crippen LogP contribution < -0.4 is 5.32 Å². The summed E-state index contributed by atoms with van der Waals surface area (Å²) in [6.07, 6.45) is 3.60. The molecule has 0 spiro atoms. The lowest BCUT2D eigenvalue weighted by molar-refractivity contribution is -0.113. The molecular formula is C19H13N3O4S. The van der Waals surface area contributed by atoms with Crippen molar-refractivity contribution in [1.29, 1.82) is 0 Å². The number of carboxylic acid groups (broad SMARTS) is 1. The number of para-hydroxylation sites is 1. The molecule has 134 valence electrons. The van der Waals surface area contributed by atoms with Crippen molar-refractivity contribution in [3.8, 4) is 5.75 Å². The summed E-state index contributed by atoms with van der Waals surface area (Å²) in [7, 11) is 0.